The Morgan fingerprint density at radius 1 is 1.41 bits per heavy atom. The van der Waals surface area contributed by atoms with Gasteiger partial charge in [0.2, 0.25) is 0 Å². The van der Waals surface area contributed by atoms with Crippen LogP contribution in [0.5, 0.6) is 0 Å². The van der Waals surface area contributed by atoms with Crippen LogP contribution in [0.15, 0.2) is 53.7 Å². The van der Waals surface area contributed by atoms with E-state index in [2.05, 4.69) is 4.98 Å². The zero-order valence-corrected chi connectivity index (χ0v) is 16.2. The number of rotatable bonds is 6. The molecule has 4 rings (SSSR count). The molecule has 6 nitrogen and oxygen atoms in total. The molecule has 0 bridgehead atoms. The number of carbonyl (C=O) groups is 1. The molecule has 4 aromatic rings. The van der Waals surface area contributed by atoms with Crippen LogP contribution in [0.4, 0.5) is 5.13 Å². The van der Waals surface area contributed by atoms with Crippen LogP contribution in [0.2, 0.25) is 5.02 Å². The van der Waals surface area contributed by atoms with Crippen molar-refractivity contribution in [1.29, 1.82) is 0 Å². The SMILES string of the molecule is Cc1cc(Cl)cc2sc(N(CCCn3ccnc3)C(=O)c3ccco3)nc12. The summed E-state index contributed by atoms with van der Waals surface area (Å²) in [5.74, 6) is 0.0973. The van der Waals surface area contributed by atoms with Gasteiger partial charge >= 0.3 is 0 Å². The predicted octanol–water partition coefficient (Wildman–Crippen LogP) is 4.78. The zero-order chi connectivity index (χ0) is 18.8. The number of anilines is 1. The number of nitrogens with zero attached hydrogens (tertiary/aromatic N) is 4. The monoisotopic (exact) mass is 400 g/mol. The van der Waals surface area contributed by atoms with Gasteiger partial charge in [-0.3, -0.25) is 9.69 Å². The van der Waals surface area contributed by atoms with Crippen LogP contribution in [0.1, 0.15) is 22.5 Å². The second kappa shape index (κ2) is 7.54. The third-order valence-corrected chi connectivity index (χ3v) is 5.45. The number of aromatic nitrogens is 3. The average molecular weight is 401 g/mol. The molecular formula is C19H17ClN4O2S. The van der Waals surface area contributed by atoms with Crippen LogP contribution in [0, 0.1) is 6.92 Å². The van der Waals surface area contributed by atoms with Crippen LogP contribution in [-0.4, -0.2) is 27.0 Å². The first-order valence-electron chi connectivity index (χ1n) is 8.49. The van der Waals surface area contributed by atoms with Crippen LogP contribution in [-0.2, 0) is 6.54 Å². The Labute approximate surface area is 165 Å². The molecule has 3 aromatic heterocycles. The van der Waals surface area contributed by atoms with E-state index in [0.717, 1.165) is 28.7 Å². The molecule has 0 aliphatic rings. The van der Waals surface area contributed by atoms with Gasteiger partial charge in [-0.25, -0.2) is 9.97 Å². The van der Waals surface area contributed by atoms with Crippen molar-refractivity contribution in [2.24, 2.45) is 0 Å². The Hall–Kier alpha value is -2.64. The van der Waals surface area contributed by atoms with E-state index in [1.54, 1.807) is 29.6 Å². The lowest BCUT2D eigenvalue weighted by Crippen LogP contribution is -2.32. The van der Waals surface area contributed by atoms with Crippen molar-refractivity contribution in [2.75, 3.05) is 11.4 Å². The molecule has 8 heteroatoms. The first kappa shape index (κ1) is 17.8. The van der Waals surface area contributed by atoms with Gasteiger partial charge in [-0.2, -0.15) is 0 Å². The van der Waals surface area contributed by atoms with E-state index in [4.69, 9.17) is 21.0 Å². The molecule has 0 aliphatic heterocycles. The molecule has 0 saturated carbocycles. The number of thiazole rings is 1. The van der Waals surface area contributed by atoms with E-state index in [-0.39, 0.29) is 5.91 Å². The maximum Gasteiger partial charge on any atom is 0.295 e. The highest BCUT2D eigenvalue weighted by Crippen LogP contribution is 2.33. The summed E-state index contributed by atoms with van der Waals surface area (Å²) in [4.78, 5) is 23.4. The van der Waals surface area contributed by atoms with Crippen LogP contribution >= 0.6 is 22.9 Å². The van der Waals surface area contributed by atoms with E-state index in [9.17, 15) is 4.79 Å². The number of hydrogen-bond donors (Lipinski definition) is 0. The molecule has 0 spiro atoms. The van der Waals surface area contributed by atoms with E-state index in [1.165, 1.54) is 17.6 Å². The molecule has 0 aliphatic carbocycles. The average Bonchev–Trinajstić information content (AvgIpc) is 3.38. The number of aryl methyl sites for hydroxylation is 2. The van der Waals surface area contributed by atoms with E-state index >= 15 is 0 Å². The fourth-order valence-electron chi connectivity index (χ4n) is 2.91. The summed E-state index contributed by atoms with van der Waals surface area (Å²) in [7, 11) is 0. The quantitative estimate of drug-likeness (QED) is 0.467. The lowest BCUT2D eigenvalue weighted by Gasteiger charge is -2.18. The zero-order valence-electron chi connectivity index (χ0n) is 14.6. The standard InChI is InChI=1S/C19H17ClN4O2S/c1-13-10-14(20)11-16-17(13)22-19(27-16)24(18(25)15-4-2-9-26-15)7-3-6-23-8-5-21-12-23/h2,4-5,8-12H,3,6-7H2,1H3. The van der Waals surface area contributed by atoms with Crippen LogP contribution < -0.4 is 4.90 Å². The Kier molecular flexibility index (Phi) is 4.96. The number of carbonyl (C=O) groups excluding carboxylic acids is 1. The molecule has 3 heterocycles. The first-order valence-corrected chi connectivity index (χ1v) is 9.69. The molecule has 0 radical (unpaired) electrons. The molecule has 27 heavy (non-hydrogen) atoms. The lowest BCUT2D eigenvalue weighted by atomic mass is 10.2. The summed E-state index contributed by atoms with van der Waals surface area (Å²) in [6.07, 6.45) is 7.67. The van der Waals surface area contributed by atoms with Gasteiger partial charge < -0.3 is 8.98 Å². The highest BCUT2D eigenvalue weighted by atomic mass is 35.5. The largest absolute Gasteiger partial charge is 0.459 e. The van der Waals surface area contributed by atoms with Crippen molar-refractivity contribution in [3.63, 3.8) is 0 Å². The second-order valence-corrected chi connectivity index (χ2v) is 7.60. The van der Waals surface area contributed by atoms with Crippen molar-refractivity contribution >= 4 is 44.2 Å². The third-order valence-electron chi connectivity index (χ3n) is 4.20. The molecule has 0 fully saturated rings. The van der Waals surface area contributed by atoms with E-state index in [1.807, 2.05) is 29.8 Å². The minimum absolute atomic E-state index is 0.201. The van der Waals surface area contributed by atoms with Gasteiger partial charge in [0.25, 0.3) is 5.91 Å². The summed E-state index contributed by atoms with van der Waals surface area (Å²) in [5.41, 5.74) is 1.86. The van der Waals surface area contributed by atoms with Crippen molar-refractivity contribution in [1.82, 2.24) is 14.5 Å². The van der Waals surface area contributed by atoms with Gasteiger partial charge in [0.05, 0.1) is 22.8 Å². The fraction of sp³-hybridized carbons (Fsp3) is 0.211. The normalized spacial score (nSPS) is 11.2. The highest BCUT2D eigenvalue weighted by Gasteiger charge is 2.23. The third kappa shape index (κ3) is 3.74. The fourth-order valence-corrected chi connectivity index (χ4v) is 4.35. The van der Waals surface area contributed by atoms with Crippen molar-refractivity contribution < 1.29 is 9.21 Å². The molecule has 0 atom stereocenters. The lowest BCUT2D eigenvalue weighted by molar-refractivity contribution is 0.0959. The minimum atomic E-state index is -0.201. The van der Waals surface area contributed by atoms with Crippen molar-refractivity contribution in [3.05, 3.63) is 65.6 Å². The molecule has 0 N–H and O–H groups in total. The first-order chi connectivity index (χ1) is 13.1. The molecule has 0 saturated heterocycles. The summed E-state index contributed by atoms with van der Waals surface area (Å²) < 4.78 is 8.26. The Balaban J connectivity index is 1.64. The van der Waals surface area contributed by atoms with Gasteiger partial charge in [0, 0.05) is 30.5 Å². The number of amides is 1. The number of imidazole rings is 1. The summed E-state index contributed by atoms with van der Waals surface area (Å²) in [6, 6.07) is 7.14. The Bertz CT molecular complexity index is 1060. The Morgan fingerprint density at radius 2 is 2.30 bits per heavy atom. The second-order valence-electron chi connectivity index (χ2n) is 6.15. The molecule has 138 valence electrons. The Morgan fingerprint density at radius 3 is 3.04 bits per heavy atom. The maximum absolute atomic E-state index is 13.0. The smallest absolute Gasteiger partial charge is 0.295 e. The summed E-state index contributed by atoms with van der Waals surface area (Å²) >= 11 is 7.63. The number of fused-ring (bicyclic) bond motifs is 1. The minimum Gasteiger partial charge on any atom is -0.459 e. The van der Waals surface area contributed by atoms with Gasteiger partial charge in [-0.05, 0) is 43.2 Å². The highest BCUT2D eigenvalue weighted by molar-refractivity contribution is 7.22. The summed E-state index contributed by atoms with van der Waals surface area (Å²) in [5, 5.41) is 1.31. The van der Waals surface area contributed by atoms with Gasteiger partial charge in [-0.1, -0.05) is 22.9 Å². The summed E-state index contributed by atoms with van der Waals surface area (Å²) in [6.45, 7) is 3.25. The van der Waals surface area contributed by atoms with E-state index in [0.29, 0.717) is 22.5 Å². The van der Waals surface area contributed by atoms with Crippen LogP contribution in [0.25, 0.3) is 10.2 Å². The van der Waals surface area contributed by atoms with Crippen LogP contribution in [0.3, 0.4) is 0 Å². The molecular weight excluding hydrogens is 384 g/mol. The number of benzene rings is 1. The van der Waals surface area contributed by atoms with Crippen molar-refractivity contribution in [2.45, 2.75) is 19.9 Å². The molecule has 0 unspecified atom stereocenters. The number of halogens is 1. The predicted molar refractivity (Wildman–Crippen MR) is 107 cm³/mol. The van der Waals surface area contributed by atoms with Gasteiger partial charge in [0.1, 0.15) is 0 Å². The van der Waals surface area contributed by atoms with Gasteiger partial charge in [0.15, 0.2) is 10.9 Å². The van der Waals surface area contributed by atoms with Crippen molar-refractivity contribution in [3.8, 4) is 0 Å². The van der Waals surface area contributed by atoms with Gasteiger partial charge in [-0.15, -0.1) is 0 Å². The van der Waals surface area contributed by atoms with E-state index < -0.39 is 0 Å². The number of furan rings is 1. The molecule has 1 amide bonds. The molecule has 1 aromatic carbocycles. The topological polar surface area (TPSA) is 64.2 Å². The maximum atomic E-state index is 13.0. The number of hydrogen-bond acceptors (Lipinski definition) is 5.